The van der Waals surface area contributed by atoms with Crippen molar-refractivity contribution in [1.29, 1.82) is 10.8 Å². The SMILES string of the molecule is CNCc1ccc(C(=N)OC(=N)c2nc(-c3ccc(S(=O)(=O)C(C)CN(C)C)cc3)cnc2N)cc1. The number of hydrogen-bond donors (Lipinski definition) is 4. The summed E-state index contributed by atoms with van der Waals surface area (Å²) in [7, 11) is 2.02. The number of hydrogen-bond acceptors (Lipinski definition) is 10. The van der Waals surface area contributed by atoms with Gasteiger partial charge in [0.15, 0.2) is 21.3 Å². The van der Waals surface area contributed by atoms with Gasteiger partial charge in [0.05, 0.1) is 22.0 Å². The van der Waals surface area contributed by atoms with E-state index in [0.29, 0.717) is 29.9 Å². The number of sulfone groups is 1. The summed E-state index contributed by atoms with van der Waals surface area (Å²) in [5.74, 6) is -0.649. The molecule has 3 rings (SSSR count). The number of nitrogens with zero attached hydrogens (tertiary/aromatic N) is 3. The molecule has 0 aliphatic rings. The van der Waals surface area contributed by atoms with E-state index in [1.807, 2.05) is 38.2 Å². The van der Waals surface area contributed by atoms with Crippen molar-refractivity contribution in [3.05, 3.63) is 71.5 Å². The summed E-state index contributed by atoms with van der Waals surface area (Å²) >= 11 is 0. The Balaban J connectivity index is 1.79. The molecule has 1 heterocycles. The van der Waals surface area contributed by atoms with Crippen LogP contribution >= 0.6 is 0 Å². The normalized spacial score (nSPS) is 12.4. The van der Waals surface area contributed by atoms with Crippen molar-refractivity contribution in [3.8, 4) is 11.3 Å². The third kappa shape index (κ3) is 6.30. The van der Waals surface area contributed by atoms with Gasteiger partial charge in [0.1, 0.15) is 0 Å². The average Bonchev–Trinajstić information content (AvgIpc) is 2.84. The monoisotopic (exact) mass is 509 g/mol. The number of rotatable bonds is 9. The van der Waals surface area contributed by atoms with Gasteiger partial charge in [-0.05, 0) is 57.9 Å². The average molecular weight is 510 g/mol. The topological polar surface area (TPSA) is 158 Å². The fourth-order valence-corrected chi connectivity index (χ4v) is 5.03. The van der Waals surface area contributed by atoms with Crippen molar-refractivity contribution in [3.63, 3.8) is 0 Å². The van der Waals surface area contributed by atoms with E-state index in [4.69, 9.17) is 21.3 Å². The predicted octanol–water partition coefficient (Wildman–Crippen LogP) is 2.54. The Labute approximate surface area is 211 Å². The molecule has 0 fully saturated rings. The lowest BCUT2D eigenvalue weighted by molar-refractivity contribution is 0.405. The molecule has 0 spiro atoms. The van der Waals surface area contributed by atoms with Gasteiger partial charge in [0.25, 0.3) is 0 Å². The van der Waals surface area contributed by atoms with Crippen LogP contribution in [0.25, 0.3) is 11.3 Å². The first-order valence-corrected chi connectivity index (χ1v) is 12.8. The van der Waals surface area contributed by atoms with E-state index in [1.54, 1.807) is 31.2 Å². The van der Waals surface area contributed by atoms with Crippen molar-refractivity contribution < 1.29 is 13.2 Å². The van der Waals surface area contributed by atoms with Crippen LogP contribution < -0.4 is 11.1 Å². The highest BCUT2D eigenvalue weighted by atomic mass is 32.2. The largest absolute Gasteiger partial charge is 0.419 e. The van der Waals surface area contributed by atoms with Crippen LogP contribution in [0, 0.1) is 10.8 Å². The zero-order valence-electron chi connectivity index (χ0n) is 20.7. The van der Waals surface area contributed by atoms with Crippen LogP contribution in [0.4, 0.5) is 5.82 Å². The second kappa shape index (κ2) is 11.4. The molecule has 10 nitrogen and oxygen atoms in total. The number of aromatic nitrogens is 2. The van der Waals surface area contributed by atoms with E-state index >= 15 is 0 Å². The Bertz CT molecular complexity index is 1340. The molecule has 0 radical (unpaired) electrons. The van der Waals surface area contributed by atoms with Crippen LogP contribution in [0.2, 0.25) is 0 Å². The van der Waals surface area contributed by atoms with Gasteiger partial charge in [-0.2, -0.15) is 0 Å². The van der Waals surface area contributed by atoms with Gasteiger partial charge < -0.3 is 20.7 Å². The highest BCUT2D eigenvalue weighted by Crippen LogP contribution is 2.23. The zero-order valence-corrected chi connectivity index (χ0v) is 21.6. The van der Waals surface area contributed by atoms with Crippen LogP contribution in [0.1, 0.15) is 23.7 Å². The number of ether oxygens (including phenoxy) is 1. The number of nitrogens with one attached hydrogen (secondary N) is 3. The molecule has 0 bridgehead atoms. The first-order valence-electron chi connectivity index (χ1n) is 11.2. The first kappa shape index (κ1) is 26.9. The summed E-state index contributed by atoms with van der Waals surface area (Å²) < 4.78 is 31.1. The summed E-state index contributed by atoms with van der Waals surface area (Å²) in [6.45, 7) is 2.79. The minimum atomic E-state index is -3.49. The van der Waals surface area contributed by atoms with Gasteiger partial charge in [-0.1, -0.05) is 24.3 Å². The molecule has 2 aromatic carbocycles. The molecule has 0 aliphatic carbocycles. The molecule has 1 unspecified atom stereocenters. The molecule has 1 aromatic heterocycles. The number of nitrogens with two attached hydrogens (primary N) is 1. The Morgan fingerprint density at radius 2 is 1.72 bits per heavy atom. The molecule has 11 heteroatoms. The summed E-state index contributed by atoms with van der Waals surface area (Å²) in [6, 6.07) is 13.6. The molecule has 0 amide bonds. The molecular weight excluding hydrogens is 478 g/mol. The summed E-state index contributed by atoms with van der Waals surface area (Å²) in [6.07, 6.45) is 1.44. The maximum Gasteiger partial charge on any atom is 0.243 e. The lowest BCUT2D eigenvalue weighted by Crippen LogP contribution is -2.30. The predicted molar refractivity (Wildman–Crippen MR) is 141 cm³/mol. The zero-order chi connectivity index (χ0) is 26.5. The van der Waals surface area contributed by atoms with Crippen LogP contribution in [0.5, 0.6) is 0 Å². The van der Waals surface area contributed by atoms with Gasteiger partial charge in [0, 0.05) is 24.2 Å². The molecule has 0 aliphatic heterocycles. The number of anilines is 1. The Morgan fingerprint density at radius 1 is 1.08 bits per heavy atom. The summed E-state index contributed by atoms with van der Waals surface area (Å²) in [4.78, 5) is 10.6. The van der Waals surface area contributed by atoms with Crippen LogP contribution in [-0.4, -0.2) is 68.0 Å². The van der Waals surface area contributed by atoms with Crippen molar-refractivity contribution in [1.82, 2.24) is 20.2 Å². The third-order valence-corrected chi connectivity index (χ3v) is 7.59. The second-order valence-corrected chi connectivity index (χ2v) is 11.0. The van der Waals surface area contributed by atoms with Crippen LogP contribution in [0.3, 0.4) is 0 Å². The van der Waals surface area contributed by atoms with E-state index in [-0.39, 0.29) is 22.3 Å². The van der Waals surface area contributed by atoms with Gasteiger partial charge in [-0.25, -0.2) is 18.4 Å². The molecule has 0 saturated heterocycles. The minimum absolute atomic E-state index is 0.0136. The molecule has 190 valence electrons. The standard InChI is InChI=1S/C25H31N7O3S/c1-16(15-32(3)4)36(33,34)20-11-9-18(10-12-20)21-14-30-23(26)22(31-21)25(28)35-24(27)19-7-5-17(6-8-19)13-29-2/h5-12,14,16,27-29H,13,15H2,1-4H3,(H2,26,30). The Morgan fingerprint density at radius 3 is 2.31 bits per heavy atom. The van der Waals surface area contributed by atoms with Crippen LogP contribution in [-0.2, 0) is 21.1 Å². The maximum absolute atomic E-state index is 12.8. The van der Waals surface area contributed by atoms with Crippen molar-refractivity contribution in [2.75, 3.05) is 33.4 Å². The van der Waals surface area contributed by atoms with Crippen molar-refractivity contribution in [2.24, 2.45) is 0 Å². The van der Waals surface area contributed by atoms with Gasteiger partial charge in [0.2, 0.25) is 11.8 Å². The molecule has 1 atom stereocenters. The molecule has 5 N–H and O–H groups in total. The Hall–Kier alpha value is -3.67. The number of nitrogen functional groups attached to an aromatic ring is 1. The van der Waals surface area contributed by atoms with E-state index in [1.165, 1.54) is 18.3 Å². The van der Waals surface area contributed by atoms with E-state index in [0.717, 1.165) is 5.56 Å². The van der Waals surface area contributed by atoms with Gasteiger partial charge in [-0.15, -0.1) is 0 Å². The molecular formula is C25H31N7O3S. The third-order valence-electron chi connectivity index (χ3n) is 5.45. The van der Waals surface area contributed by atoms with Crippen molar-refractivity contribution >= 4 is 27.5 Å². The van der Waals surface area contributed by atoms with E-state index in [2.05, 4.69) is 15.3 Å². The molecule has 36 heavy (non-hydrogen) atoms. The fraction of sp³-hybridized carbons (Fsp3) is 0.280. The lowest BCUT2D eigenvalue weighted by Gasteiger charge is -2.17. The highest BCUT2D eigenvalue weighted by Gasteiger charge is 2.24. The van der Waals surface area contributed by atoms with E-state index in [9.17, 15) is 8.42 Å². The van der Waals surface area contributed by atoms with E-state index < -0.39 is 21.0 Å². The fourth-order valence-electron chi connectivity index (χ4n) is 3.55. The first-order chi connectivity index (χ1) is 17.0. The second-order valence-electron chi connectivity index (χ2n) is 8.62. The summed E-state index contributed by atoms with van der Waals surface area (Å²) in [5, 5.41) is 19.0. The van der Waals surface area contributed by atoms with Gasteiger partial charge >= 0.3 is 0 Å². The maximum atomic E-state index is 12.8. The highest BCUT2D eigenvalue weighted by molar-refractivity contribution is 7.92. The lowest BCUT2D eigenvalue weighted by atomic mass is 10.1. The summed E-state index contributed by atoms with van der Waals surface area (Å²) in [5.41, 5.74) is 8.47. The molecule has 0 saturated carbocycles. The van der Waals surface area contributed by atoms with Crippen molar-refractivity contribution in [2.45, 2.75) is 23.6 Å². The minimum Gasteiger partial charge on any atom is -0.419 e. The number of benzene rings is 2. The Kier molecular flexibility index (Phi) is 8.51. The smallest absolute Gasteiger partial charge is 0.243 e. The molecule has 3 aromatic rings. The van der Waals surface area contributed by atoms with Crippen LogP contribution in [0.15, 0.2) is 59.6 Å². The quantitative estimate of drug-likeness (QED) is 0.253. The van der Waals surface area contributed by atoms with Gasteiger partial charge in [-0.3, -0.25) is 10.8 Å².